The van der Waals surface area contributed by atoms with Crippen molar-refractivity contribution in [3.8, 4) is 5.75 Å². The highest BCUT2D eigenvalue weighted by molar-refractivity contribution is 7.90. The molecular formula is C18H18N2O5S. The number of sulfone groups is 1. The van der Waals surface area contributed by atoms with Crippen molar-refractivity contribution in [1.29, 1.82) is 0 Å². The number of hydrogen-bond donors (Lipinski definition) is 2. The van der Waals surface area contributed by atoms with Crippen molar-refractivity contribution in [3.05, 3.63) is 54.1 Å². The summed E-state index contributed by atoms with van der Waals surface area (Å²) < 4.78 is 28.4. The van der Waals surface area contributed by atoms with Gasteiger partial charge in [0.25, 0.3) is 0 Å². The summed E-state index contributed by atoms with van der Waals surface area (Å²) in [4.78, 5) is 24.4. The number of hydrogen-bond acceptors (Lipinski definition) is 5. The Morgan fingerprint density at radius 2 is 1.73 bits per heavy atom. The number of carbonyl (C=O) groups is 2. The second-order valence-corrected chi connectivity index (χ2v) is 7.97. The molecule has 2 aromatic carbocycles. The molecule has 26 heavy (non-hydrogen) atoms. The molecule has 0 bridgehead atoms. The zero-order chi connectivity index (χ0) is 18.7. The molecule has 1 unspecified atom stereocenters. The van der Waals surface area contributed by atoms with Crippen LogP contribution in [0.2, 0.25) is 0 Å². The SMILES string of the molecule is CS(=O)(=O)c1ccc(NC(=O)C(=O)NC2CCOc3ccccc32)cc1. The lowest BCUT2D eigenvalue weighted by Crippen LogP contribution is -2.39. The van der Waals surface area contributed by atoms with E-state index in [1.807, 2.05) is 24.3 Å². The molecule has 1 aliphatic heterocycles. The van der Waals surface area contributed by atoms with Gasteiger partial charge in [-0.15, -0.1) is 0 Å². The van der Waals surface area contributed by atoms with E-state index in [1.165, 1.54) is 24.3 Å². The molecule has 2 N–H and O–H groups in total. The minimum absolute atomic E-state index is 0.138. The van der Waals surface area contributed by atoms with Gasteiger partial charge in [0.2, 0.25) is 0 Å². The largest absolute Gasteiger partial charge is 0.493 e. The molecule has 1 heterocycles. The summed E-state index contributed by atoms with van der Waals surface area (Å²) in [6.45, 7) is 0.455. The van der Waals surface area contributed by atoms with Crippen LogP contribution in [0, 0.1) is 0 Å². The predicted molar refractivity (Wildman–Crippen MR) is 95.6 cm³/mol. The van der Waals surface area contributed by atoms with Crippen molar-refractivity contribution >= 4 is 27.3 Å². The fourth-order valence-corrected chi connectivity index (χ4v) is 3.32. The first kappa shape index (κ1) is 17.9. The number of ether oxygens (including phenoxy) is 1. The molecule has 0 aliphatic carbocycles. The molecule has 8 heteroatoms. The Morgan fingerprint density at radius 1 is 1.04 bits per heavy atom. The molecule has 1 atom stereocenters. The minimum Gasteiger partial charge on any atom is -0.493 e. The van der Waals surface area contributed by atoms with Crippen molar-refractivity contribution in [2.75, 3.05) is 18.2 Å². The third-order valence-electron chi connectivity index (χ3n) is 4.01. The molecule has 3 rings (SSSR count). The van der Waals surface area contributed by atoms with Gasteiger partial charge in [-0.1, -0.05) is 18.2 Å². The maximum absolute atomic E-state index is 12.2. The standard InChI is InChI=1S/C18H18N2O5S/c1-26(23,24)13-8-6-12(7-9-13)19-17(21)18(22)20-15-10-11-25-16-5-3-2-4-14(15)16/h2-9,15H,10-11H2,1H3,(H,19,21)(H,20,22). The van der Waals surface area contributed by atoms with E-state index in [1.54, 1.807) is 0 Å². The molecule has 0 saturated carbocycles. The van der Waals surface area contributed by atoms with Crippen LogP contribution in [0.4, 0.5) is 5.69 Å². The van der Waals surface area contributed by atoms with Crippen molar-refractivity contribution in [1.82, 2.24) is 5.32 Å². The molecule has 1 aliphatic rings. The topological polar surface area (TPSA) is 102 Å². The number of para-hydroxylation sites is 1. The normalized spacial score (nSPS) is 16.1. The fraction of sp³-hybridized carbons (Fsp3) is 0.222. The molecule has 7 nitrogen and oxygen atoms in total. The quantitative estimate of drug-likeness (QED) is 0.796. The van der Waals surface area contributed by atoms with Crippen molar-refractivity contribution in [2.45, 2.75) is 17.4 Å². The number of nitrogens with one attached hydrogen (secondary N) is 2. The maximum atomic E-state index is 12.2. The van der Waals surface area contributed by atoms with Gasteiger partial charge in [-0.2, -0.15) is 0 Å². The van der Waals surface area contributed by atoms with E-state index in [4.69, 9.17) is 4.74 Å². The molecule has 0 saturated heterocycles. The molecule has 0 fully saturated rings. The first-order chi connectivity index (χ1) is 12.3. The zero-order valence-corrected chi connectivity index (χ0v) is 14.9. The average Bonchev–Trinajstić information content (AvgIpc) is 2.61. The van der Waals surface area contributed by atoms with E-state index in [2.05, 4.69) is 10.6 Å². The third kappa shape index (κ3) is 4.02. The van der Waals surface area contributed by atoms with E-state index >= 15 is 0 Å². The number of anilines is 1. The van der Waals surface area contributed by atoms with Crippen LogP contribution >= 0.6 is 0 Å². The summed E-state index contributed by atoms with van der Waals surface area (Å²) in [5, 5.41) is 5.16. The molecule has 2 amide bonds. The van der Waals surface area contributed by atoms with Gasteiger partial charge in [-0.25, -0.2) is 8.42 Å². The van der Waals surface area contributed by atoms with Gasteiger partial charge < -0.3 is 15.4 Å². The third-order valence-corrected chi connectivity index (χ3v) is 5.14. The molecule has 0 radical (unpaired) electrons. The van der Waals surface area contributed by atoms with Crippen LogP contribution in [0.3, 0.4) is 0 Å². The molecule has 0 spiro atoms. The maximum Gasteiger partial charge on any atom is 0.313 e. The fourth-order valence-electron chi connectivity index (χ4n) is 2.69. The van der Waals surface area contributed by atoms with E-state index in [0.717, 1.165) is 11.8 Å². The highest BCUT2D eigenvalue weighted by atomic mass is 32.2. The minimum atomic E-state index is -3.32. The zero-order valence-electron chi connectivity index (χ0n) is 14.1. The average molecular weight is 374 g/mol. The molecule has 0 aromatic heterocycles. The smallest absolute Gasteiger partial charge is 0.313 e. The Bertz CT molecular complexity index is 938. The Balaban J connectivity index is 1.65. The van der Waals surface area contributed by atoms with Crippen LogP contribution in [0.15, 0.2) is 53.4 Å². The number of fused-ring (bicyclic) bond motifs is 1. The lowest BCUT2D eigenvalue weighted by molar-refractivity contribution is -0.136. The van der Waals surface area contributed by atoms with Crippen molar-refractivity contribution < 1.29 is 22.7 Å². The van der Waals surface area contributed by atoms with Crippen LogP contribution < -0.4 is 15.4 Å². The summed E-state index contributed by atoms with van der Waals surface area (Å²) in [5.41, 5.74) is 1.17. The number of carbonyl (C=O) groups excluding carboxylic acids is 2. The Hall–Kier alpha value is -2.87. The van der Waals surface area contributed by atoms with Crippen molar-refractivity contribution in [3.63, 3.8) is 0 Å². The van der Waals surface area contributed by atoms with E-state index in [9.17, 15) is 18.0 Å². The van der Waals surface area contributed by atoms with Crippen molar-refractivity contribution in [2.24, 2.45) is 0 Å². The highest BCUT2D eigenvalue weighted by Crippen LogP contribution is 2.31. The Morgan fingerprint density at radius 3 is 2.42 bits per heavy atom. The van der Waals surface area contributed by atoms with E-state index in [-0.39, 0.29) is 10.9 Å². The lowest BCUT2D eigenvalue weighted by atomic mass is 10.0. The monoisotopic (exact) mass is 374 g/mol. The molecule has 2 aromatic rings. The second kappa shape index (κ2) is 7.17. The Labute approximate surface area is 151 Å². The summed E-state index contributed by atoms with van der Waals surface area (Å²) in [6.07, 6.45) is 1.67. The molecular weight excluding hydrogens is 356 g/mol. The second-order valence-electron chi connectivity index (χ2n) is 5.95. The summed E-state index contributed by atoms with van der Waals surface area (Å²) in [7, 11) is -3.32. The highest BCUT2D eigenvalue weighted by Gasteiger charge is 2.25. The Kier molecular flexibility index (Phi) is 4.94. The summed E-state index contributed by atoms with van der Waals surface area (Å²) in [5.74, 6) is -0.888. The number of benzene rings is 2. The van der Waals surface area contributed by atoms with Gasteiger partial charge in [0.05, 0.1) is 17.5 Å². The van der Waals surface area contributed by atoms with E-state index in [0.29, 0.717) is 24.5 Å². The van der Waals surface area contributed by atoms with Gasteiger partial charge in [0.1, 0.15) is 5.75 Å². The van der Waals surface area contributed by atoms with Crippen LogP contribution in [-0.4, -0.2) is 33.1 Å². The van der Waals surface area contributed by atoms with E-state index < -0.39 is 21.7 Å². The lowest BCUT2D eigenvalue weighted by Gasteiger charge is -2.26. The number of amides is 2. The van der Waals surface area contributed by atoms with Gasteiger partial charge in [-0.05, 0) is 30.3 Å². The summed E-state index contributed by atoms with van der Waals surface area (Å²) >= 11 is 0. The summed E-state index contributed by atoms with van der Waals surface area (Å²) in [6, 6.07) is 12.7. The van der Waals surface area contributed by atoms with Crippen LogP contribution in [0.5, 0.6) is 5.75 Å². The molecule has 136 valence electrons. The number of rotatable bonds is 3. The van der Waals surface area contributed by atoms with Gasteiger partial charge >= 0.3 is 11.8 Å². The van der Waals surface area contributed by atoms with Gasteiger partial charge in [0, 0.05) is 23.9 Å². The van der Waals surface area contributed by atoms with Crippen LogP contribution in [0.1, 0.15) is 18.0 Å². The van der Waals surface area contributed by atoms with Crippen LogP contribution in [0.25, 0.3) is 0 Å². The van der Waals surface area contributed by atoms with Gasteiger partial charge in [0.15, 0.2) is 9.84 Å². The first-order valence-corrected chi connectivity index (χ1v) is 9.87. The predicted octanol–water partition coefficient (Wildman–Crippen LogP) is 1.67. The first-order valence-electron chi connectivity index (χ1n) is 7.98. The van der Waals surface area contributed by atoms with Gasteiger partial charge in [-0.3, -0.25) is 9.59 Å². The van der Waals surface area contributed by atoms with Crippen LogP contribution in [-0.2, 0) is 19.4 Å².